The first-order valence-electron chi connectivity index (χ1n) is 10.8. The molecule has 0 saturated carbocycles. The highest BCUT2D eigenvalue weighted by molar-refractivity contribution is 6.13. The third-order valence-electron chi connectivity index (χ3n) is 5.40. The van der Waals surface area contributed by atoms with Crippen LogP contribution < -0.4 is 10.1 Å². The molecule has 0 saturated heterocycles. The summed E-state index contributed by atoms with van der Waals surface area (Å²) in [6.07, 6.45) is 0. The third kappa shape index (κ3) is 4.60. The van der Waals surface area contributed by atoms with Crippen molar-refractivity contribution in [2.24, 2.45) is 0 Å². The Kier molecular flexibility index (Phi) is 5.56. The molecule has 1 amide bonds. The van der Waals surface area contributed by atoms with Crippen molar-refractivity contribution < 1.29 is 9.53 Å². The number of anilines is 1. The molecule has 0 unspecified atom stereocenters. The van der Waals surface area contributed by atoms with Crippen molar-refractivity contribution in [1.82, 2.24) is 4.98 Å². The van der Waals surface area contributed by atoms with Crippen molar-refractivity contribution in [2.45, 2.75) is 6.92 Å². The van der Waals surface area contributed by atoms with Crippen molar-refractivity contribution in [3.05, 3.63) is 120 Å². The summed E-state index contributed by atoms with van der Waals surface area (Å²) in [6, 6.07) is 34.6. The van der Waals surface area contributed by atoms with Gasteiger partial charge < -0.3 is 10.1 Å². The molecule has 4 aromatic carbocycles. The minimum atomic E-state index is -0.182. The SMILES string of the molecule is Cc1ccc(-c2cc(C(=O)Nc3ccc(Oc4ccccc4)cc3)c3ccccc3n2)cc1. The lowest BCUT2D eigenvalue weighted by Crippen LogP contribution is -2.13. The van der Waals surface area contributed by atoms with E-state index in [0.717, 1.165) is 27.9 Å². The zero-order valence-electron chi connectivity index (χ0n) is 18.2. The first-order valence-corrected chi connectivity index (χ1v) is 10.8. The van der Waals surface area contributed by atoms with E-state index in [4.69, 9.17) is 9.72 Å². The molecule has 0 aliphatic carbocycles. The Bertz CT molecular complexity index is 1410. The average molecular weight is 431 g/mol. The maximum absolute atomic E-state index is 13.3. The average Bonchev–Trinajstić information content (AvgIpc) is 2.85. The van der Waals surface area contributed by atoms with Crippen LogP contribution >= 0.6 is 0 Å². The van der Waals surface area contributed by atoms with E-state index in [1.807, 2.05) is 116 Å². The van der Waals surface area contributed by atoms with Gasteiger partial charge in [-0.2, -0.15) is 0 Å². The number of aryl methyl sites for hydroxylation is 1. The summed E-state index contributed by atoms with van der Waals surface area (Å²) < 4.78 is 5.83. The standard InChI is InChI=1S/C29H22N2O2/c1-20-11-13-21(14-12-20)28-19-26(25-9-5-6-10-27(25)31-28)29(32)30-22-15-17-24(18-16-22)33-23-7-3-2-4-8-23/h2-19H,1H3,(H,30,32). The second kappa shape index (κ2) is 8.97. The highest BCUT2D eigenvalue weighted by Crippen LogP contribution is 2.27. The molecule has 1 N–H and O–H groups in total. The van der Waals surface area contributed by atoms with Crippen LogP contribution in [-0.4, -0.2) is 10.9 Å². The molecule has 0 fully saturated rings. The number of amides is 1. The summed E-state index contributed by atoms with van der Waals surface area (Å²) in [7, 11) is 0. The van der Waals surface area contributed by atoms with Gasteiger partial charge in [0.2, 0.25) is 0 Å². The van der Waals surface area contributed by atoms with Gasteiger partial charge in [-0.3, -0.25) is 4.79 Å². The predicted octanol–water partition coefficient (Wildman–Crippen LogP) is 7.25. The summed E-state index contributed by atoms with van der Waals surface area (Å²) in [5, 5.41) is 3.82. The number of pyridine rings is 1. The lowest BCUT2D eigenvalue weighted by Gasteiger charge is -2.11. The van der Waals surface area contributed by atoms with Crippen molar-refractivity contribution in [1.29, 1.82) is 0 Å². The number of hydrogen-bond donors (Lipinski definition) is 1. The molecule has 0 spiro atoms. The minimum absolute atomic E-state index is 0.182. The highest BCUT2D eigenvalue weighted by Gasteiger charge is 2.14. The summed E-state index contributed by atoms with van der Waals surface area (Å²) in [4.78, 5) is 18.1. The zero-order valence-corrected chi connectivity index (χ0v) is 18.2. The van der Waals surface area contributed by atoms with Gasteiger partial charge in [0.05, 0.1) is 16.8 Å². The summed E-state index contributed by atoms with van der Waals surface area (Å²) in [5.41, 5.74) is 4.98. The molecular formula is C29H22N2O2. The van der Waals surface area contributed by atoms with Crippen LogP contribution in [-0.2, 0) is 0 Å². The molecule has 0 aliphatic heterocycles. The van der Waals surface area contributed by atoms with Gasteiger partial charge >= 0.3 is 0 Å². The number of benzene rings is 4. The van der Waals surface area contributed by atoms with Crippen LogP contribution in [0.5, 0.6) is 11.5 Å². The molecule has 0 atom stereocenters. The quantitative estimate of drug-likeness (QED) is 0.319. The van der Waals surface area contributed by atoms with E-state index in [1.54, 1.807) is 0 Å². The van der Waals surface area contributed by atoms with Gasteiger partial charge in [0.15, 0.2) is 0 Å². The zero-order chi connectivity index (χ0) is 22.6. The predicted molar refractivity (Wildman–Crippen MR) is 133 cm³/mol. The number of nitrogens with zero attached hydrogens (tertiary/aromatic N) is 1. The van der Waals surface area contributed by atoms with Crippen molar-refractivity contribution in [2.75, 3.05) is 5.32 Å². The van der Waals surface area contributed by atoms with Crippen LogP contribution in [0, 0.1) is 6.92 Å². The van der Waals surface area contributed by atoms with E-state index >= 15 is 0 Å². The molecule has 1 aromatic heterocycles. The maximum Gasteiger partial charge on any atom is 0.256 e. The number of carbonyl (C=O) groups is 1. The van der Waals surface area contributed by atoms with Crippen LogP contribution in [0.1, 0.15) is 15.9 Å². The number of ether oxygens (including phenoxy) is 1. The van der Waals surface area contributed by atoms with Crippen molar-refractivity contribution in [3.63, 3.8) is 0 Å². The molecule has 1 heterocycles. The molecule has 33 heavy (non-hydrogen) atoms. The molecule has 4 heteroatoms. The molecule has 0 bridgehead atoms. The summed E-state index contributed by atoms with van der Waals surface area (Å²) in [5.74, 6) is 1.29. The topological polar surface area (TPSA) is 51.2 Å². The summed E-state index contributed by atoms with van der Waals surface area (Å²) >= 11 is 0. The highest BCUT2D eigenvalue weighted by atomic mass is 16.5. The number of para-hydroxylation sites is 2. The van der Waals surface area contributed by atoms with Gasteiger partial charge in [-0.05, 0) is 55.5 Å². The third-order valence-corrected chi connectivity index (χ3v) is 5.40. The van der Waals surface area contributed by atoms with Crippen LogP contribution in [0.2, 0.25) is 0 Å². The van der Waals surface area contributed by atoms with E-state index in [-0.39, 0.29) is 5.91 Å². The van der Waals surface area contributed by atoms with Crippen LogP contribution in [0.15, 0.2) is 109 Å². The second-order valence-corrected chi connectivity index (χ2v) is 7.83. The Morgan fingerprint density at radius 3 is 2.18 bits per heavy atom. The Labute approximate surface area is 192 Å². The van der Waals surface area contributed by atoms with Crippen LogP contribution in [0.25, 0.3) is 22.2 Å². The molecule has 4 nitrogen and oxygen atoms in total. The van der Waals surface area contributed by atoms with Gasteiger partial charge in [0, 0.05) is 16.6 Å². The van der Waals surface area contributed by atoms with E-state index in [9.17, 15) is 4.79 Å². The van der Waals surface area contributed by atoms with E-state index in [2.05, 4.69) is 5.32 Å². The molecule has 5 aromatic rings. The van der Waals surface area contributed by atoms with Gasteiger partial charge in [0.25, 0.3) is 5.91 Å². The number of hydrogen-bond acceptors (Lipinski definition) is 3. The second-order valence-electron chi connectivity index (χ2n) is 7.83. The van der Waals surface area contributed by atoms with Crippen molar-refractivity contribution in [3.8, 4) is 22.8 Å². The lowest BCUT2D eigenvalue weighted by atomic mass is 10.0. The van der Waals surface area contributed by atoms with E-state index < -0.39 is 0 Å². The molecular weight excluding hydrogens is 408 g/mol. The normalized spacial score (nSPS) is 10.7. The number of fused-ring (bicyclic) bond motifs is 1. The fraction of sp³-hybridized carbons (Fsp3) is 0.0345. The monoisotopic (exact) mass is 430 g/mol. The first kappa shape index (κ1) is 20.5. The Hall–Kier alpha value is -4.44. The molecule has 0 aliphatic rings. The minimum Gasteiger partial charge on any atom is -0.457 e. The first-order chi connectivity index (χ1) is 16.2. The van der Waals surface area contributed by atoms with Gasteiger partial charge in [-0.1, -0.05) is 66.2 Å². The van der Waals surface area contributed by atoms with E-state index in [0.29, 0.717) is 17.0 Å². The van der Waals surface area contributed by atoms with Crippen molar-refractivity contribution >= 4 is 22.5 Å². The Balaban J connectivity index is 1.42. The lowest BCUT2D eigenvalue weighted by molar-refractivity contribution is 0.102. The van der Waals surface area contributed by atoms with E-state index in [1.165, 1.54) is 5.56 Å². The number of nitrogens with one attached hydrogen (secondary N) is 1. The number of rotatable bonds is 5. The fourth-order valence-corrected chi connectivity index (χ4v) is 3.66. The number of aromatic nitrogens is 1. The Morgan fingerprint density at radius 1 is 0.758 bits per heavy atom. The molecule has 160 valence electrons. The molecule has 5 rings (SSSR count). The van der Waals surface area contributed by atoms with Gasteiger partial charge in [-0.25, -0.2) is 4.98 Å². The molecule has 0 radical (unpaired) electrons. The Morgan fingerprint density at radius 2 is 1.42 bits per heavy atom. The fourth-order valence-electron chi connectivity index (χ4n) is 3.66. The number of carbonyl (C=O) groups excluding carboxylic acids is 1. The van der Waals surface area contributed by atoms with Gasteiger partial charge in [0.1, 0.15) is 11.5 Å². The maximum atomic E-state index is 13.3. The van der Waals surface area contributed by atoms with Crippen LogP contribution in [0.4, 0.5) is 5.69 Å². The largest absolute Gasteiger partial charge is 0.457 e. The van der Waals surface area contributed by atoms with Crippen LogP contribution in [0.3, 0.4) is 0 Å². The summed E-state index contributed by atoms with van der Waals surface area (Å²) in [6.45, 7) is 2.05. The van der Waals surface area contributed by atoms with Gasteiger partial charge in [-0.15, -0.1) is 0 Å². The smallest absolute Gasteiger partial charge is 0.256 e.